The number of carbonyl (C=O) groups excluding carboxylic acids is 13. The van der Waals surface area contributed by atoms with Crippen LogP contribution in [0, 0.1) is 0 Å². The number of methoxy groups -OCH3 is 4. The van der Waals surface area contributed by atoms with Gasteiger partial charge in [0.15, 0.2) is 56.1 Å². The Hall–Kier alpha value is -15.9. The van der Waals surface area contributed by atoms with Crippen LogP contribution in [-0.4, -0.2) is 256 Å². The number of hydrogen-bond donors (Lipinski definition) is 7. The second-order valence-corrected chi connectivity index (χ2v) is 56.7. The molecule has 8 aliphatic heterocycles. The van der Waals surface area contributed by atoms with Crippen molar-refractivity contribution in [3.8, 4) is 34.5 Å². The molecule has 20 rings (SSSR count). The van der Waals surface area contributed by atoms with Gasteiger partial charge in [-0.05, 0) is 131 Å². The average Bonchev–Trinajstić information content (AvgIpc) is 1.55. The number of amides is 16. The van der Waals surface area contributed by atoms with E-state index in [2.05, 4.69) is 100 Å². The summed E-state index contributed by atoms with van der Waals surface area (Å²) in [4.78, 5) is 193. The average molecular weight is 2050 g/mol. The zero-order valence-corrected chi connectivity index (χ0v) is 85.6. The van der Waals surface area contributed by atoms with E-state index >= 15 is 0 Å². The maximum Gasteiger partial charge on any atom is 0.327 e. The van der Waals surface area contributed by atoms with Crippen molar-refractivity contribution in [1.82, 2.24) is 75.8 Å². The SMILES string of the molecule is COc1ccc2c(c1)C(=O)N(C[C@@]1(c3cc4c(ccc[n+]4O)o3)NC(=O)N(COCC[Si](C)(C)C)C1=O)C2.COc1ccc2c(c1)C(=O)N(C[C@@]1(c3cc4ncccc4o3)NC(=O)N(COCC[Si](C)(C)C)C1=O)C2.COc1ccc2c(c1)C(=O)N(C[C@@]1(c3oc4cccnc4c3O)NC(=O)NC1=O)C2.COc1ccc2c(c1)C(=O)N(C[C@@]1(c3oc4cccnc4c3OC(C)=O)NC(=O)N(COCC[Si](C)(C)C)C1=O)C2. The zero-order valence-electron chi connectivity index (χ0n) is 82.6. The summed E-state index contributed by atoms with van der Waals surface area (Å²) in [6.07, 6.45) is 6.00. The molecule has 0 radical (unpaired) electrons. The van der Waals surface area contributed by atoms with E-state index in [1.807, 2.05) is 12.1 Å². The second-order valence-electron chi connectivity index (χ2n) is 39.8. The Labute approximate surface area is 837 Å². The molecule has 46 heteroatoms. The van der Waals surface area contributed by atoms with Gasteiger partial charge in [-0.15, -0.1) is 0 Å². The standard InChI is InChI=1S/C28H32N4O8Si.C26H30N4O7Si.C26H30N4O6Si.C20H16N4O6/c1-17(33)39-23-22-21(7-6-10-29-22)40-24(23)28(15-31-14-18-8-9-19(37-2)13-20(18)25(31)34)26(35)32(27(36)30-28)16-38-11-12-41(3,4)5;1-35-18-8-7-17-14-28(23(31)19(17)12-18)15-26(22-13-20-21(37-22)6-5-9-30(20)34)24(32)29(25(33)27-26)16-36-10-11-38(2,3)4;1-34-18-8-7-17-14-29(23(31)19(17)12-18)15-26(22-13-20-21(36-22)6-5-9-27-20)24(32)30(25(33)28-26)16-35-10-11-37(2,3)4;1-29-11-5-4-10-8-24(17(26)12(10)7-11)9-20(18(27)22-19(28)23-20)16-15(25)14-13(30-16)3-2-6-21-14/h6-10,13H,11-12,14-16H2,1-5H3,(H,30,36);5-9,12-13H,10-11,14-16H2,1-4H3,(H-,27,33,34);5-9,12-13H,10-11,14-16H2,1-4H3,(H,28,33);2-7,25H,8-9H2,1H3,(H2,22,23,27,28)/p+1/t28-;2*26-;20-/m0000/s1. The second kappa shape index (κ2) is 40.0. The van der Waals surface area contributed by atoms with Crippen LogP contribution in [0.5, 0.6) is 34.5 Å². The summed E-state index contributed by atoms with van der Waals surface area (Å²) in [6.45, 7) is 21.8. The number of imide groups is 4. The van der Waals surface area contributed by atoms with Gasteiger partial charge >= 0.3 is 35.6 Å². The van der Waals surface area contributed by atoms with Gasteiger partial charge in [0.05, 0.1) is 60.7 Å². The van der Waals surface area contributed by atoms with Crippen LogP contribution in [0.25, 0.3) is 44.4 Å². The number of ether oxygens (including phenoxy) is 8. The maximum atomic E-state index is 14.2. The molecule has 12 aromatic rings. The fraction of sp³-hybridized carbons (Fsp3) is 0.350. The number of furan rings is 4. The Morgan fingerprint density at radius 3 is 1.18 bits per heavy atom. The number of esters is 1. The predicted octanol–water partition coefficient (Wildman–Crippen LogP) is 10.9. The van der Waals surface area contributed by atoms with Crippen LogP contribution >= 0.6 is 0 Å². The molecule has 4 aromatic carbocycles. The molecule has 8 aliphatic rings. The number of urea groups is 4. The Morgan fingerprint density at radius 2 is 0.788 bits per heavy atom. The Bertz CT molecular complexity index is 7260. The predicted molar refractivity (Wildman–Crippen MR) is 526 cm³/mol. The highest BCUT2D eigenvalue weighted by atomic mass is 28.3. The van der Waals surface area contributed by atoms with Crippen molar-refractivity contribution >= 4 is 146 Å². The lowest BCUT2D eigenvalue weighted by molar-refractivity contribution is -0.884. The highest BCUT2D eigenvalue weighted by Gasteiger charge is 2.62. The van der Waals surface area contributed by atoms with E-state index in [0.29, 0.717) is 87.3 Å². The fourth-order valence-corrected chi connectivity index (χ4v) is 20.4. The topological polar surface area (TPSA) is 514 Å². The van der Waals surface area contributed by atoms with Gasteiger partial charge in [0.2, 0.25) is 28.6 Å². The number of aromatic hydroxyl groups is 1. The Kier molecular flexibility index (Phi) is 27.8. The third-order valence-corrected chi connectivity index (χ3v) is 31.2. The highest BCUT2D eigenvalue weighted by molar-refractivity contribution is 6.76. The lowest BCUT2D eigenvalue weighted by Gasteiger charge is -2.30. The van der Waals surface area contributed by atoms with Crippen LogP contribution in [0.2, 0.25) is 77.1 Å². The van der Waals surface area contributed by atoms with Gasteiger partial charge in [-0.3, -0.25) is 58.7 Å². The molecule has 16 heterocycles. The monoisotopic (exact) mass is 2050 g/mol. The Morgan fingerprint density at radius 1 is 0.425 bits per heavy atom. The lowest BCUT2D eigenvalue weighted by atomic mass is 9.94. The van der Waals surface area contributed by atoms with Crippen molar-refractivity contribution in [2.24, 2.45) is 0 Å². The van der Waals surface area contributed by atoms with E-state index in [4.69, 9.17) is 55.6 Å². The van der Waals surface area contributed by atoms with E-state index in [9.17, 15) is 72.6 Å². The number of fused-ring (bicyclic) bond motifs is 8. The molecule has 8 aromatic heterocycles. The van der Waals surface area contributed by atoms with Crippen molar-refractivity contribution in [2.45, 2.75) is 132 Å². The third-order valence-electron chi connectivity index (χ3n) is 26.1. The minimum atomic E-state index is -1.92. The number of aromatic nitrogens is 4. The molecule has 762 valence electrons. The van der Waals surface area contributed by atoms with Crippen LogP contribution in [0.4, 0.5) is 19.2 Å². The summed E-state index contributed by atoms with van der Waals surface area (Å²) in [5, 5.41) is 34.0. The molecular weight excluding hydrogens is 1940 g/mol. The van der Waals surface area contributed by atoms with Gasteiger partial charge in [0.25, 0.3) is 47.3 Å². The van der Waals surface area contributed by atoms with Gasteiger partial charge in [-0.1, -0.05) is 83.2 Å². The molecule has 43 nitrogen and oxygen atoms in total. The first-order valence-corrected chi connectivity index (χ1v) is 57.9. The largest absolute Gasteiger partial charge is 0.503 e. The molecular formula is C100H109N16O27Si3+. The van der Waals surface area contributed by atoms with E-state index in [1.54, 1.807) is 126 Å². The van der Waals surface area contributed by atoms with Gasteiger partial charge in [0.1, 0.15) is 60.2 Å². The summed E-state index contributed by atoms with van der Waals surface area (Å²) in [5.74, 6) is -2.77. The highest BCUT2D eigenvalue weighted by Crippen LogP contribution is 2.47. The number of hydrogen-bond acceptors (Lipinski definition) is 30. The first-order chi connectivity index (χ1) is 69.5. The molecule has 4 atom stereocenters. The van der Waals surface area contributed by atoms with Crippen molar-refractivity contribution in [3.05, 3.63) is 226 Å². The van der Waals surface area contributed by atoms with E-state index in [0.717, 1.165) is 59.8 Å². The van der Waals surface area contributed by atoms with Crippen LogP contribution in [-0.2, 0) is 86.5 Å². The number of pyridine rings is 4. The lowest BCUT2D eigenvalue weighted by Crippen LogP contribution is -2.53. The summed E-state index contributed by atoms with van der Waals surface area (Å²) >= 11 is 0. The summed E-state index contributed by atoms with van der Waals surface area (Å²) in [5.41, 5.74) is 0.380. The third kappa shape index (κ3) is 19.8. The first kappa shape index (κ1) is 102. The Balaban J connectivity index is 0.000000134. The molecule has 146 heavy (non-hydrogen) atoms. The quantitative estimate of drug-likeness (QED) is 0.00514. The summed E-state index contributed by atoms with van der Waals surface area (Å²) in [7, 11) is 1.95. The molecule has 16 amide bonds. The first-order valence-electron chi connectivity index (χ1n) is 46.8. The van der Waals surface area contributed by atoms with Gasteiger partial charge in [-0.2, -0.15) is 0 Å². The zero-order chi connectivity index (χ0) is 104. The maximum absolute atomic E-state index is 14.2. The molecule has 7 N–H and O–H groups in total. The smallest absolute Gasteiger partial charge is 0.327 e. The number of nitrogens with one attached hydrogen (secondary N) is 5. The molecule has 4 fully saturated rings. The molecule has 4 saturated heterocycles. The van der Waals surface area contributed by atoms with Crippen LogP contribution in [0.1, 0.15) is 93.7 Å². The molecule has 0 unspecified atom stereocenters. The van der Waals surface area contributed by atoms with Gasteiger partial charge in [0, 0.05) is 135 Å². The van der Waals surface area contributed by atoms with Crippen molar-refractivity contribution in [1.29, 1.82) is 0 Å². The van der Waals surface area contributed by atoms with Crippen molar-refractivity contribution in [3.63, 3.8) is 0 Å². The minimum Gasteiger partial charge on any atom is -0.503 e. The summed E-state index contributed by atoms with van der Waals surface area (Å²) < 4.78 is 68.4. The molecule has 0 bridgehead atoms. The van der Waals surface area contributed by atoms with Crippen molar-refractivity contribution in [2.75, 3.05) is 94.6 Å². The van der Waals surface area contributed by atoms with E-state index < -0.39 is 100 Å². The molecule has 0 aliphatic carbocycles. The van der Waals surface area contributed by atoms with Crippen LogP contribution < -0.4 is 55.0 Å². The fourth-order valence-electron chi connectivity index (χ4n) is 18.1. The van der Waals surface area contributed by atoms with E-state index in [-0.39, 0.29) is 153 Å². The molecule has 0 spiro atoms. The minimum absolute atomic E-state index is 0.103. The van der Waals surface area contributed by atoms with Crippen molar-refractivity contribution < 1.29 is 133 Å². The number of carbonyl (C=O) groups is 13. The van der Waals surface area contributed by atoms with Crippen LogP contribution in [0.3, 0.4) is 0 Å². The molecule has 0 saturated carbocycles. The normalized spacial score (nSPS) is 19.5. The summed E-state index contributed by atoms with van der Waals surface area (Å²) in [6, 6.07) is 37.0. The number of benzene rings is 4. The number of rotatable bonds is 32. The van der Waals surface area contributed by atoms with Gasteiger partial charge < -0.3 is 102 Å². The van der Waals surface area contributed by atoms with E-state index in [1.165, 1.54) is 74.7 Å². The van der Waals surface area contributed by atoms with Crippen LogP contribution in [0.15, 0.2) is 176 Å². The number of nitrogens with zero attached hydrogens (tertiary/aromatic N) is 11. The van der Waals surface area contributed by atoms with Gasteiger partial charge in [-0.25, -0.2) is 43.8 Å².